The van der Waals surface area contributed by atoms with Crippen LogP contribution in [0.2, 0.25) is 5.02 Å². The summed E-state index contributed by atoms with van der Waals surface area (Å²) in [6.45, 7) is 1.77. The van der Waals surface area contributed by atoms with Gasteiger partial charge in [-0.2, -0.15) is 0 Å². The lowest BCUT2D eigenvalue weighted by atomic mass is 10.1. The van der Waals surface area contributed by atoms with E-state index >= 15 is 0 Å². The SMILES string of the molecule is COc1ccc2c(c1)c(CC(=O)NNC(=O)c1cccnc1)c(C)n2C(=O)c1ccc(Cl)cc1. The molecule has 0 radical (unpaired) electrons. The van der Waals surface area contributed by atoms with Crippen LogP contribution in [-0.4, -0.2) is 34.4 Å². The number of benzene rings is 2. The van der Waals surface area contributed by atoms with Crippen molar-refractivity contribution in [3.63, 3.8) is 0 Å². The van der Waals surface area contributed by atoms with Gasteiger partial charge >= 0.3 is 0 Å². The van der Waals surface area contributed by atoms with E-state index in [4.69, 9.17) is 16.3 Å². The highest BCUT2D eigenvalue weighted by molar-refractivity contribution is 6.30. The van der Waals surface area contributed by atoms with E-state index < -0.39 is 11.8 Å². The summed E-state index contributed by atoms with van der Waals surface area (Å²) in [4.78, 5) is 42.1. The van der Waals surface area contributed by atoms with Crippen molar-refractivity contribution in [2.24, 2.45) is 0 Å². The van der Waals surface area contributed by atoms with Gasteiger partial charge in [0.05, 0.1) is 24.6 Å². The average molecular weight is 477 g/mol. The first-order chi connectivity index (χ1) is 16.4. The molecule has 0 saturated carbocycles. The quantitative estimate of drug-likeness (QED) is 0.428. The number of nitrogens with one attached hydrogen (secondary N) is 2. The molecule has 0 unspecified atom stereocenters. The minimum atomic E-state index is -0.486. The van der Waals surface area contributed by atoms with E-state index in [-0.39, 0.29) is 12.3 Å². The monoisotopic (exact) mass is 476 g/mol. The smallest absolute Gasteiger partial charge is 0.271 e. The molecule has 8 nitrogen and oxygen atoms in total. The van der Waals surface area contributed by atoms with Crippen LogP contribution in [0.15, 0.2) is 67.0 Å². The molecule has 2 aromatic carbocycles. The Balaban J connectivity index is 1.64. The Bertz CT molecular complexity index is 1380. The molecule has 0 saturated heterocycles. The largest absolute Gasteiger partial charge is 0.497 e. The summed E-state index contributed by atoms with van der Waals surface area (Å²) >= 11 is 5.96. The number of amides is 2. The van der Waals surface area contributed by atoms with Gasteiger partial charge in [-0.3, -0.25) is 34.8 Å². The Hall–Kier alpha value is -4.17. The molecule has 172 valence electrons. The van der Waals surface area contributed by atoms with E-state index in [9.17, 15) is 14.4 Å². The van der Waals surface area contributed by atoms with Crippen molar-refractivity contribution in [1.29, 1.82) is 0 Å². The number of pyridine rings is 1. The molecule has 4 rings (SSSR count). The molecule has 2 aromatic heterocycles. The second kappa shape index (κ2) is 9.76. The summed E-state index contributed by atoms with van der Waals surface area (Å²) in [5.74, 6) is -0.586. The molecule has 2 amide bonds. The summed E-state index contributed by atoms with van der Waals surface area (Å²) in [5.41, 5.74) is 7.46. The number of fused-ring (bicyclic) bond motifs is 1. The number of carbonyl (C=O) groups excluding carboxylic acids is 3. The van der Waals surface area contributed by atoms with Crippen LogP contribution in [0, 0.1) is 6.92 Å². The van der Waals surface area contributed by atoms with Crippen LogP contribution in [0.3, 0.4) is 0 Å². The molecule has 2 heterocycles. The first kappa shape index (κ1) is 23.0. The Morgan fingerprint density at radius 1 is 1.03 bits per heavy atom. The molecular formula is C25H21ClN4O4. The van der Waals surface area contributed by atoms with E-state index in [1.165, 1.54) is 6.20 Å². The van der Waals surface area contributed by atoms with Crippen LogP contribution >= 0.6 is 11.6 Å². The minimum Gasteiger partial charge on any atom is -0.497 e. The topological polar surface area (TPSA) is 102 Å². The lowest BCUT2D eigenvalue weighted by molar-refractivity contribution is -0.121. The van der Waals surface area contributed by atoms with Gasteiger partial charge in [0.15, 0.2) is 0 Å². The fourth-order valence-electron chi connectivity index (χ4n) is 3.70. The number of rotatable bonds is 5. The number of nitrogens with zero attached hydrogens (tertiary/aromatic N) is 2. The van der Waals surface area contributed by atoms with Crippen molar-refractivity contribution in [2.45, 2.75) is 13.3 Å². The van der Waals surface area contributed by atoms with Gasteiger partial charge in [-0.15, -0.1) is 0 Å². The maximum Gasteiger partial charge on any atom is 0.271 e. The third kappa shape index (κ3) is 4.62. The predicted octanol–water partition coefficient (Wildman–Crippen LogP) is 3.70. The molecule has 0 atom stereocenters. The first-order valence-electron chi connectivity index (χ1n) is 10.4. The minimum absolute atomic E-state index is 0.0658. The number of ether oxygens (including phenoxy) is 1. The lowest BCUT2D eigenvalue weighted by Gasteiger charge is -2.09. The Kier molecular flexibility index (Phi) is 6.60. The summed E-state index contributed by atoms with van der Waals surface area (Å²) in [6.07, 6.45) is 2.88. The number of methoxy groups -OCH3 is 1. The zero-order chi connectivity index (χ0) is 24.2. The normalized spacial score (nSPS) is 10.7. The molecule has 9 heteroatoms. The highest BCUT2D eigenvalue weighted by atomic mass is 35.5. The standard InChI is InChI=1S/C25H21ClN4O4/c1-15-20(13-23(31)28-29-24(32)17-4-3-11-27-14-17)21-12-19(34-2)9-10-22(21)30(15)25(33)16-5-7-18(26)8-6-16/h3-12,14H,13H2,1-2H3,(H,28,31)(H,29,32). The van der Waals surface area contributed by atoms with Crippen molar-refractivity contribution in [3.8, 4) is 5.75 Å². The third-order valence-electron chi connectivity index (χ3n) is 5.41. The van der Waals surface area contributed by atoms with Crippen molar-refractivity contribution < 1.29 is 19.1 Å². The van der Waals surface area contributed by atoms with Crippen LogP contribution < -0.4 is 15.6 Å². The van der Waals surface area contributed by atoms with Gasteiger partial charge in [-0.05, 0) is 67.1 Å². The van der Waals surface area contributed by atoms with E-state index in [0.29, 0.717) is 44.1 Å². The van der Waals surface area contributed by atoms with Gasteiger partial charge in [0.1, 0.15) is 5.75 Å². The van der Waals surface area contributed by atoms with Crippen molar-refractivity contribution in [1.82, 2.24) is 20.4 Å². The summed E-state index contributed by atoms with van der Waals surface area (Å²) in [6, 6.07) is 15.1. The zero-order valence-electron chi connectivity index (χ0n) is 18.5. The Morgan fingerprint density at radius 3 is 2.47 bits per heavy atom. The van der Waals surface area contributed by atoms with E-state index in [0.717, 1.165) is 0 Å². The number of hydrazine groups is 1. The van der Waals surface area contributed by atoms with Gasteiger partial charge < -0.3 is 4.74 Å². The molecule has 0 aliphatic carbocycles. The summed E-state index contributed by atoms with van der Waals surface area (Å²) < 4.78 is 6.91. The highest BCUT2D eigenvalue weighted by Crippen LogP contribution is 2.30. The van der Waals surface area contributed by atoms with Crippen LogP contribution in [0.5, 0.6) is 5.75 Å². The first-order valence-corrected chi connectivity index (χ1v) is 10.7. The van der Waals surface area contributed by atoms with Gasteiger partial charge in [0, 0.05) is 34.1 Å². The molecule has 0 fully saturated rings. The number of halogens is 1. The van der Waals surface area contributed by atoms with Crippen LogP contribution in [0.4, 0.5) is 0 Å². The maximum absolute atomic E-state index is 13.3. The zero-order valence-corrected chi connectivity index (χ0v) is 19.2. The second-order valence-corrected chi connectivity index (χ2v) is 7.95. The number of hydrogen-bond acceptors (Lipinski definition) is 5. The molecule has 34 heavy (non-hydrogen) atoms. The van der Waals surface area contributed by atoms with Crippen molar-refractivity contribution in [3.05, 3.63) is 94.4 Å². The number of aromatic nitrogens is 2. The molecule has 0 aliphatic rings. The average Bonchev–Trinajstić information content (AvgIpc) is 3.13. The molecule has 0 spiro atoms. The van der Waals surface area contributed by atoms with E-state index in [1.54, 1.807) is 79.4 Å². The Labute approximate surface area is 200 Å². The van der Waals surface area contributed by atoms with Crippen molar-refractivity contribution in [2.75, 3.05) is 7.11 Å². The molecule has 0 bridgehead atoms. The van der Waals surface area contributed by atoms with Crippen LogP contribution in [0.25, 0.3) is 10.9 Å². The van der Waals surface area contributed by atoms with E-state index in [2.05, 4.69) is 15.8 Å². The molecule has 0 aliphatic heterocycles. The second-order valence-electron chi connectivity index (χ2n) is 7.52. The fourth-order valence-corrected chi connectivity index (χ4v) is 3.82. The van der Waals surface area contributed by atoms with Crippen molar-refractivity contribution >= 4 is 40.2 Å². The number of carbonyl (C=O) groups is 3. The maximum atomic E-state index is 13.3. The predicted molar refractivity (Wildman–Crippen MR) is 128 cm³/mol. The van der Waals surface area contributed by atoms with Crippen LogP contribution in [0.1, 0.15) is 32.0 Å². The van der Waals surface area contributed by atoms with Gasteiger partial charge in [0.25, 0.3) is 11.8 Å². The molecule has 4 aromatic rings. The van der Waals surface area contributed by atoms with Gasteiger partial charge in [0.2, 0.25) is 5.91 Å². The lowest BCUT2D eigenvalue weighted by Crippen LogP contribution is -2.42. The van der Waals surface area contributed by atoms with E-state index in [1.807, 2.05) is 0 Å². The summed E-state index contributed by atoms with van der Waals surface area (Å²) in [5, 5.41) is 1.23. The van der Waals surface area contributed by atoms with Gasteiger partial charge in [-0.1, -0.05) is 11.6 Å². The van der Waals surface area contributed by atoms with Crippen LogP contribution in [-0.2, 0) is 11.2 Å². The summed E-state index contributed by atoms with van der Waals surface area (Å²) in [7, 11) is 1.55. The number of hydrogen-bond donors (Lipinski definition) is 2. The third-order valence-corrected chi connectivity index (χ3v) is 5.66. The highest BCUT2D eigenvalue weighted by Gasteiger charge is 2.22. The Morgan fingerprint density at radius 2 is 1.79 bits per heavy atom. The molecule has 2 N–H and O–H groups in total. The fraction of sp³-hybridized carbons (Fsp3) is 0.120. The molecular weight excluding hydrogens is 456 g/mol. The van der Waals surface area contributed by atoms with Gasteiger partial charge in [-0.25, -0.2) is 0 Å².